The van der Waals surface area contributed by atoms with Crippen LogP contribution in [0.1, 0.15) is 22.3 Å². The number of hydrogen-bond donors (Lipinski definition) is 1. The van der Waals surface area contributed by atoms with Crippen LogP contribution in [0.25, 0.3) is 0 Å². The number of nitrogens with one attached hydrogen (secondary N) is 1. The molecule has 0 saturated carbocycles. The van der Waals surface area contributed by atoms with Gasteiger partial charge in [0.25, 0.3) is 5.91 Å². The lowest BCUT2D eigenvalue weighted by Gasteiger charge is -2.13. The van der Waals surface area contributed by atoms with E-state index in [1.54, 1.807) is 20.3 Å². The Bertz CT molecular complexity index is 866. The van der Waals surface area contributed by atoms with Gasteiger partial charge in [0.05, 0.1) is 24.9 Å². The summed E-state index contributed by atoms with van der Waals surface area (Å²) in [5, 5.41) is 3.97. The zero-order chi connectivity index (χ0) is 20.0. The highest BCUT2D eigenvalue weighted by molar-refractivity contribution is 9.10. The van der Waals surface area contributed by atoms with Crippen molar-refractivity contribution < 1.29 is 19.0 Å². The molecule has 27 heavy (non-hydrogen) atoms. The Morgan fingerprint density at radius 3 is 2.48 bits per heavy atom. The van der Waals surface area contributed by atoms with Crippen molar-refractivity contribution in [2.24, 2.45) is 5.10 Å². The Balaban J connectivity index is 1.98. The molecule has 1 N–H and O–H groups in total. The van der Waals surface area contributed by atoms with Crippen molar-refractivity contribution in [3.05, 3.63) is 51.0 Å². The van der Waals surface area contributed by atoms with Gasteiger partial charge in [-0.25, -0.2) is 5.43 Å². The number of benzene rings is 2. The zero-order valence-corrected chi connectivity index (χ0v) is 17.6. The monoisotopic (exact) mass is 434 g/mol. The highest BCUT2D eigenvalue weighted by Crippen LogP contribution is 2.35. The first-order valence-corrected chi connectivity index (χ1v) is 9.09. The van der Waals surface area contributed by atoms with Crippen LogP contribution >= 0.6 is 15.9 Å². The summed E-state index contributed by atoms with van der Waals surface area (Å²) >= 11 is 3.42. The number of carbonyl (C=O) groups excluding carboxylic acids is 1. The number of aryl methyl sites for hydroxylation is 2. The highest BCUT2D eigenvalue weighted by atomic mass is 79.9. The van der Waals surface area contributed by atoms with Crippen LogP contribution in [0.3, 0.4) is 0 Å². The van der Waals surface area contributed by atoms with Crippen LogP contribution in [0.4, 0.5) is 0 Å². The zero-order valence-electron chi connectivity index (χ0n) is 16.1. The van der Waals surface area contributed by atoms with E-state index in [-0.39, 0.29) is 12.5 Å². The molecule has 6 nitrogen and oxygen atoms in total. The maximum absolute atomic E-state index is 12.0. The Hall–Kier alpha value is -2.54. The van der Waals surface area contributed by atoms with E-state index in [4.69, 9.17) is 14.2 Å². The van der Waals surface area contributed by atoms with Crippen molar-refractivity contribution in [1.82, 2.24) is 5.43 Å². The Labute approximate surface area is 167 Å². The number of ether oxygens (including phenoxy) is 3. The summed E-state index contributed by atoms with van der Waals surface area (Å²) in [7, 11) is 3.12. The maximum atomic E-state index is 12.0. The van der Waals surface area contributed by atoms with Crippen molar-refractivity contribution in [3.8, 4) is 17.2 Å². The molecule has 0 bridgehead atoms. The van der Waals surface area contributed by atoms with Crippen LogP contribution < -0.4 is 19.6 Å². The molecule has 2 rings (SSSR count). The Kier molecular flexibility index (Phi) is 7.24. The van der Waals surface area contributed by atoms with E-state index in [9.17, 15) is 4.79 Å². The second-order valence-corrected chi connectivity index (χ2v) is 6.83. The van der Waals surface area contributed by atoms with Gasteiger partial charge in [0.2, 0.25) is 0 Å². The SMILES string of the molecule is COc1cc(/C=N/NC(=O)COc2c(C)ccc(C)c2C)cc(Br)c1OC. The molecule has 0 aliphatic rings. The summed E-state index contributed by atoms with van der Waals surface area (Å²) in [6, 6.07) is 7.58. The van der Waals surface area contributed by atoms with Crippen LogP contribution in [-0.4, -0.2) is 32.9 Å². The van der Waals surface area contributed by atoms with Crippen molar-refractivity contribution in [2.45, 2.75) is 20.8 Å². The Morgan fingerprint density at radius 2 is 1.81 bits per heavy atom. The van der Waals surface area contributed by atoms with E-state index in [0.717, 1.165) is 32.5 Å². The number of methoxy groups -OCH3 is 2. The molecule has 0 saturated heterocycles. The summed E-state index contributed by atoms with van der Waals surface area (Å²) < 4.78 is 16.9. The van der Waals surface area contributed by atoms with Gasteiger partial charge in [0.15, 0.2) is 18.1 Å². The molecular weight excluding hydrogens is 412 g/mol. The second kappa shape index (κ2) is 9.41. The average Bonchev–Trinajstić information content (AvgIpc) is 2.64. The number of halogens is 1. The van der Waals surface area contributed by atoms with Gasteiger partial charge in [-0.05, 0) is 71.1 Å². The largest absolute Gasteiger partial charge is 0.493 e. The predicted molar refractivity (Wildman–Crippen MR) is 109 cm³/mol. The topological polar surface area (TPSA) is 69.2 Å². The molecule has 7 heteroatoms. The molecule has 0 aromatic heterocycles. The normalized spacial score (nSPS) is 10.7. The van der Waals surface area contributed by atoms with Gasteiger partial charge in [-0.15, -0.1) is 0 Å². The molecule has 0 unspecified atom stereocenters. The fourth-order valence-electron chi connectivity index (χ4n) is 2.51. The fraction of sp³-hybridized carbons (Fsp3) is 0.300. The minimum atomic E-state index is -0.342. The molecule has 0 heterocycles. The fourth-order valence-corrected chi connectivity index (χ4v) is 3.13. The third-order valence-electron chi connectivity index (χ3n) is 4.08. The van der Waals surface area contributed by atoms with Gasteiger partial charge >= 0.3 is 0 Å². The lowest BCUT2D eigenvalue weighted by atomic mass is 10.1. The van der Waals surface area contributed by atoms with Crippen LogP contribution in [0, 0.1) is 20.8 Å². The molecule has 0 spiro atoms. The quantitative estimate of drug-likeness (QED) is 0.529. The molecule has 0 atom stereocenters. The van der Waals surface area contributed by atoms with Crippen molar-refractivity contribution >= 4 is 28.1 Å². The molecule has 1 amide bonds. The number of hydrogen-bond acceptors (Lipinski definition) is 5. The van der Waals surface area contributed by atoms with Crippen molar-refractivity contribution in [2.75, 3.05) is 20.8 Å². The lowest BCUT2D eigenvalue weighted by molar-refractivity contribution is -0.123. The molecule has 2 aromatic carbocycles. The number of amides is 1. The van der Waals surface area contributed by atoms with Crippen molar-refractivity contribution in [3.63, 3.8) is 0 Å². The van der Waals surface area contributed by atoms with E-state index in [1.165, 1.54) is 6.21 Å². The first kappa shape index (κ1) is 20.8. The summed E-state index contributed by atoms with van der Waals surface area (Å²) in [5.41, 5.74) is 6.34. The van der Waals surface area contributed by atoms with Gasteiger partial charge in [-0.2, -0.15) is 5.10 Å². The second-order valence-electron chi connectivity index (χ2n) is 5.97. The first-order chi connectivity index (χ1) is 12.9. The number of hydrazone groups is 1. The molecular formula is C20H23BrN2O4. The number of rotatable bonds is 7. The molecule has 144 valence electrons. The van der Waals surface area contributed by atoms with E-state index in [2.05, 4.69) is 26.5 Å². The highest BCUT2D eigenvalue weighted by Gasteiger charge is 2.10. The summed E-state index contributed by atoms with van der Waals surface area (Å²) in [6.07, 6.45) is 1.52. The van der Waals surface area contributed by atoms with Crippen LogP contribution in [0.15, 0.2) is 33.8 Å². The lowest BCUT2D eigenvalue weighted by Crippen LogP contribution is -2.25. The minimum absolute atomic E-state index is 0.113. The smallest absolute Gasteiger partial charge is 0.277 e. The van der Waals surface area contributed by atoms with Gasteiger partial charge in [-0.3, -0.25) is 4.79 Å². The van der Waals surface area contributed by atoms with Crippen molar-refractivity contribution in [1.29, 1.82) is 0 Å². The van der Waals surface area contributed by atoms with Gasteiger partial charge in [0.1, 0.15) is 5.75 Å². The third-order valence-corrected chi connectivity index (χ3v) is 4.67. The van der Waals surface area contributed by atoms with E-state index in [1.807, 2.05) is 39.0 Å². The predicted octanol–water partition coefficient (Wildman–Crippen LogP) is 3.92. The Morgan fingerprint density at radius 1 is 1.11 bits per heavy atom. The van der Waals surface area contributed by atoms with E-state index in [0.29, 0.717) is 11.5 Å². The van der Waals surface area contributed by atoms with Crippen LogP contribution in [-0.2, 0) is 4.79 Å². The van der Waals surface area contributed by atoms with Gasteiger partial charge < -0.3 is 14.2 Å². The third kappa shape index (κ3) is 5.23. The maximum Gasteiger partial charge on any atom is 0.277 e. The molecule has 0 radical (unpaired) electrons. The van der Waals surface area contributed by atoms with Gasteiger partial charge in [0, 0.05) is 0 Å². The minimum Gasteiger partial charge on any atom is -0.493 e. The summed E-state index contributed by atoms with van der Waals surface area (Å²) in [6.45, 7) is 5.82. The van der Waals surface area contributed by atoms with E-state index < -0.39 is 0 Å². The standard InChI is InChI=1S/C20H23BrN2O4/c1-12-6-7-13(2)19(14(12)3)27-11-18(24)23-22-10-15-8-16(21)20(26-5)17(9-15)25-4/h6-10H,11H2,1-5H3,(H,23,24)/b22-10+. The van der Waals surface area contributed by atoms with Gasteiger partial charge in [-0.1, -0.05) is 12.1 Å². The summed E-state index contributed by atoms with van der Waals surface area (Å²) in [5.74, 6) is 1.55. The average molecular weight is 435 g/mol. The van der Waals surface area contributed by atoms with Crippen LogP contribution in [0.2, 0.25) is 0 Å². The van der Waals surface area contributed by atoms with E-state index >= 15 is 0 Å². The van der Waals surface area contributed by atoms with Crippen LogP contribution in [0.5, 0.6) is 17.2 Å². The molecule has 0 aliphatic carbocycles. The number of nitrogens with zero attached hydrogens (tertiary/aromatic N) is 1. The first-order valence-electron chi connectivity index (χ1n) is 8.30. The molecule has 2 aromatic rings. The molecule has 0 aliphatic heterocycles. The summed E-state index contributed by atoms with van der Waals surface area (Å²) in [4.78, 5) is 12.0. The number of carbonyl (C=O) groups is 1. The molecule has 0 fully saturated rings.